The predicted molar refractivity (Wildman–Crippen MR) is 106 cm³/mol. The number of halogens is 3. The van der Waals surface area contributed by atoms with E-state index < -0.39 is 16.7 Å². The van der Waals surface area contributed by atoms with Gasteiger partial charge < -0.3 is 16.2 Å². The van der Waals surface area contributed by atoms with E-state index in [2.05, 4.69) is 27.2 Å². The number of nitrogens with two attached hydrogens (primary N) is 1. The number of aliphatic hydroxyl groups is 1. The standard InChI is InChI=1S/C19H20ClF2N5O/c1-2-3-4-10(8-28)26-14-7-12(11-5-6-13(21)15(20)16(11)22)17-18(27-14)19(23)25-9-24-17/h5-7,9-10,28H,2-4,8H2,1H3,(H,26,27)(H2,23,24,25)/t10-/m0/s1. The molecule has 0 aliphatic heterocycles. The normalized spacial score (nSPS) is 12.3. The van der Waals surface area contributed by atoms with Gasteiger partial charge in [0.1, 0.15) is 34.0 Å². The molecule has 0 bridgehead atoms. The Kier molecular flexibility index (Phi) is 6.21. The quantitative estimate of drug-likeness (QED) is 0.508. The maximum Gasteiger partial charge on any atom is 0.153 e. The summed E-state index contributed by atoms with van der Waals surface area (Å²) in [6.45, 7) is 1.96. The highest BCUT2D eigenvalue weighted by molar-refractivity contribution is 6.31. The van der Waals surface area contributed by atoms with Crippen molar-refractivity contribution in [3.8, 4) is 11.1 Å². The maximum absolute atomic E-state index is 14.7. The second-order valence-corrected chi connectivity index (χ2v) is 6.78. The molecule has 2 aromatic heterocycles. The van der Waals surface area contributed by atoms with Gasteiger partial charge in [-0.25, -0.2) is 23.7 Å². The molecular formula is C19H20ClF2N5O. The van der Waals surface area contributed by atoms with Crippen LogP contribution in [-0.2, 0) is 0 Å². The second-order valence-electron chi connectivity index (χ2n) is 6.40. The lowest BCUT2D eigenvalue weighted by molar-refractivity contribution is 0.267. The zero-order valence-electron chi connectivity index (χ0n) is 15.2. The minimum Gasteiger partial charge on any atom is -0.394 e. The van der Waals surface area contributed by atoms with Gasteiger partial charge in [-0.15, -0.1) is 0 Å². The second kappa shape index (κ2) is 8.62. The van der Waals surface area contributed by atoms with Crippen molar-refractivity contribution in [3.05, 3.63) is 41.2 Å². The number of rotatable bonds is 7. The highest BCUT2D eigenvalue weighted by Crippen LogP contribution is 2.35. The van der Waals surface area contributed by atoms with E-state index in [-0.39, 0.29) is 29.5 Å². The highest BCUT2D eigenvalue weighted by Gasteiger charge is 2.19. The fourth-order valence-corrected chi connectivity index (χ4v) is 3.10. The third-order valence-corrected chi connectivity index (χ3v) is 4.77. The summed E-state index contributed by atoms with van der Waals surface area (Å²) in [6.07, 6.45) is 3.89. The summed E-state index contributed by atoms with van der Waals surface area (Å²) in [5.41, 5.74) is 6.93. The van der Waals surface area contributed by atoms with Gasteiger partial charge in [0.05, 0.1) is 12.6 Å². The Hall–Kier alpha value is -2.58. The Morgan fingerprint density at radius 2 is 2.00 bits per heavy atom. The third kappa shape index (κ3) is 3.98. The number of hydrogen-bond acceptors (Lipinski definition) is 6. The number of nitrogens with zero attached hydrogens (tertiary/aromatic N) is 3. The summed E-state index contributed by atoms with van der Waals surface area (Å²) in [6, 6.07) is 3.72. The first kappa shape index (κ1) is 20.2. The van der Waals surface area contributed by atoms with Crippen molar-refractivity contribution in [2.45, 2.75) is 32.2 Å². The van der Waals surface area contributed by atoms with Crippen LogP contribution in [0.1, 0.15) is 26.2 Å². The van der Waals surface area contributed by atoms with E-state index in [1.54, 1.807) is 6.07 Å². The molecule has 9 heteroatoms. The number of pyridine rings is 1. The molecule has 148 valence electrons. The summed E-state index contributed by atoms with van der Waals surface area (Å²) in [7, 11) is 0. The molecule has 0 spiro atoms. The topological polar surface area (TPSA) is 97.0 Å². The number of fused-ring (bicyclic) bond motifs is 1. The molecule has 2 heterocycles. The average molecular weight is 408 g/mol. The number of nitrogen functional groups attached to an aromatic ring is 1. The molecule has 4 N–H and O–H groups in total. The lowest BCUT2D eigenvalue weighted by Gasteiger charge is -2.18. The number of anilines is 2. The number of aromatic nitrogens is 3. The van der Waals surface area contributed by atoms with Gasteiger partial charge in [-0.3, -0.25) is 0 Å². The number of nitrogens with one attached hydrogen (secondary N) is 1. The van der Waals surface area contributed by atoms with Crippen molar-refractivity contribution in [1.29, 1.82) is 0 Å². The minimum absolute atomic E-state index is 0.0639. The summed E-state index contributed by atoms with van der Waals surface area (Å²) < 4.78 is 28.3. The number of hydrogen-bond donors (Lipinski definition) is 3. The fraction of sp³-hybridized carbons (Fsp3) is 0.316. The van der Waals surface area contributed by atoms with E-state index >= 15 is 0 Å². The van der Waals surface area contributed by atoms with Crippen LogP contribution in [0.5, 0.6) is 0 Å². The van der Waals surface area contributed by atoms with Gasteiger partial charge in [0.25, 0.3) is 0 Å². The zero-order valence-corrected chi connectivity index (χ0v) is 16.0. The molecule has 1 atom stereocenters. The Balaban J connectivity index is 2.16. The minimum atomic E-state index is -0.901. The Morgan fingerprint density at radius 1 is 1.21 bits per heavy atom. The smallest absolute Gasteiger partial charge is 0.153 e. The van der Waals surface area contributed by atoms with Gasteiger partial charge in [0.15, 0.2) is 11.6 Å². The Morgan fingerprint density at radius 3 is 2.71 bits per heavy atom. The molecule has 0 amide bonds. The average Bonchev–Trinajstić information content (AvgIpc) is 2.69. The van der Waals surface area contributed by atoms with Crippen molar-refractivity contribution in [2.75, 3.05) is 17.7 Å². The first-order chi connectivity index (χ1) is 13.5. The van der Waals surface area contributed by atoms with Crippen LogP contribution in [0.15, 0.2) is 24.5 Å². The molecule has 0 fully saturated rings. The lowest BCUT2D eigenvalue weighted by Crippen LogP contribution is -2.24. The van der Waals surface area contributed by atoms with Gasteiger partial charge in [-0.1, -0.05) is 31.4 Å². The molecule has 0 saturated carbocycles. The summed E-state index contributed by atoms with van der Waals surface area (Å²) in [5.74, 6) is -1.26. The molecule has 3 rings (SSSR count). The summed E-state index contributed by atoms with van der Waals surface area (Å²) in [5, 5.41) is 12.2. The first-order valence-electron chi connectivity index (χ1n) is 8.88. The van der Waals surface area contributed by atoms with E-state index in [0.717, 1.165) is 25.3 Å². The largest absolute Gasteiger partial charge is 0.394 e. The first-order valence-corrected chi connectivity index (χ1v) is 9.26. The molecule has 3 aromatic rings. The molecule has 28 heavy (non-hydrogen) atoms. The van der Waals surface area contributed by atoms with Crippen molar-refractivity contribution in [1.82, 2.24) is 15.0 Å². The molecule has 0 unspecified atom stereocenters. The van der Waals surface area contributed by atoms with E-state index in [1.807, 2.05) is 0 Å². The van der Waals surface area contributed by atoms with E-state index in [4.69, 9.17) is 17.3 Å². The number of aliphatic hydroxyl groups excluding tert-OH is 1. The molecule has 0 saturated heterocycles. The SMILES string of the molecule is CCCC[C@@H](CO)Nc1cc(-c2ccc(F)c(Cl)c2F)c2ncnc(N)c2n1. The monoisotopic (exact) mass is 407 g/mol. The van der Waals surface area contributed by atoms with Crippen LogP contribution in [0, 0.1) is 11.6 Å². The molecular weight excluding hydrogens is 388 g/mol. The zero-order chi connectivity index (χ0) is 20.3. The molecule has 0 aliphatic carbocycles. The van der Waals surface area contributed by atoms with Gasteiger partial charge >= 0.3 is 0 Å². The molecule has 0 radical (unpaired) electrons. The third-order valence-electron chi connectivity index (χ3n) is 4.42. The van der Waals surface area contributed by atoms with Gasteiger partial charge in [-0.2, -0.15) is 0 Å². The van der Waals surface area contributed by atoms with Gasteiger partial charge in [0.2, 0.25) is 0 Å². The van der Waals surface area contributed by atoms with E-state index in [1.165, 1.54) is 12.4 Å². The molecule has 0 aliphatic rings. The van der Waals surface area contributed by atoms with Crippen LogP contribution in [0.2, 0.25) is 5.02 Å². The van der Waals surface area contributed by atoms with Gasteiger partial charge in [-0.05, 0) is 24.6 Å². The van der Waals surface area contributed by atoms with Crippen LogP contribution >= 0.6 is 11.6 Å². The predicted octanol–water partition coefficient (Wildman–Crippen LogP) is 4.17. The molecule has 6 nitrogen and oxygen atoms in total. The number of unbranched alkanes of at least 4 members (excludes halogenated alkanes) is 1. The number of benzene rings is 1. The van der Waals surface area contributed by atoms with Crippen molar-refractivity contribution in [2.24, 2.45) is 0 Å². The van der Waals surface area contributed by atoms with Crippen molar-refractivity contribution < 1.29 is 13.9 Å². The van der Waals surface area contributed by atoms with E-state index in [0.29, 0.717) is 16.9 Å². The lowest BCUT2D eigenvalue weighted by atomic mass is 10.0. The summed E-state index contributed by atoms with van der Waals surface area (Å²) >= 11 is 5.75. The van der Waals surface area contributed by atoms with Crippen LogP contribution in [0.3, 0.4) is 0 Å². The van der Waals surface area contributed by atoms with Crippen LogP contribution in [0.4, 0.5) is 20.4 Å². The Bertz CT molecular complexity index is 1000. The van der Waals surface area contributed by atoms with Crippen molar-refractivity contribution in [3.63, 3.8) is 0 Å². The fourth-order valence-electron chi connectivity index (χ4n) is 2.94. The maximum atomic E-state index is 14.7. The summed E-state index contributed by atoms with van der Waals surface area (Å²) in [4.78, 5) is 12.5. The van der Waals surface area contributed by atoms with Crippen LogP contribution in [-0.4, -0.2) is 32.7 Å². The van der Waals surface area contributed by atoms with Crippen LogP contribution < -0.4 is 11.1 Å². The van der Waals surface area contributed by atoms with Crippen molar-refractivity contribution >= 4 is 34.3 Å². The van der Waals surface area contributed by atoms with Crippen LogP contribution in [0.25, 0.3) is 22.2 Å². The highest BCUT2D eigenvalue weighted by atomic mass is 35.5. The Labute approximate surface area is 165 Å². The van der Waals surface area contributed by atoms with E-state index in [9.17, 15) is 13.9 Å². The van der Waals surface area contributed by atoms with Gasteiger partial charge in [0, 0.05) is 11.1 Å². The molecule has 1 aromatic carbocycles.